The number of nitrogens with zero attached hydrogens (tertiary/aromatic N) is 1. The zero-order valence-electron chi connectivity index (χ0n) is 15.7. The lowest BCUT2D eigenvalue weighted by Gasteiger charge is -2.11. The maximum atomic E-state index is 6.26. The normalized spacial score (nSPS) is 11.0. The minimum atomic E-state index is 0.437. The number of hydrogen-bond acceptors (Lipinski definition) is 4. The van der Waals surface area contributed by atoms with Gasteiger partial charge in [-0.2, -0.15) is 0 Å². The first-order chi connectivity index (χ1) is 13.6. The third-order valence-corrected chi connectivity index (χ3v) is 5.74. The summed E-state index contributed by atoms with van der Waals surface area (Å²) in [5, 5.41) is 3.56. The van der Waals surface area contributed by atoms with Gasteiger partial charge in [0.05, 0.1) is 0 Å². The van der Waals surface area contributed by atoms with Crippen LogP contribution in [0.15, 0.2) is 60.1 Å². The highest BCUT2D eigenvalue weighted by Crippen LogP contribution is 2.32. The number of hydrogen-bond donors (Lipinski definition) is 0. The first-order valence-corrected chi connectivity index (χ1v) is 10.3. The highest BCUT2D eigenvalue weighted by Gasteiger charge is 2.10. The van der Waals surface area contributed by atoms with Crippen molar-refractivity contribution < 1.29 is 9.47 Å². The number of rotatable bonds is 6. The van der Waals surface area contributed by atoms with Gasteiger partial charge in [0, 0.05) is 27.9 Å². The second-order valence-electron chi connectivity index (χ2n) is 6.78. The largest absolute Gasteiger partial charge is 0.489 e. The van der Waals surface area contributed by atoms with Crippen molar-refractivity contribution in [3.05, 3.63) is 87.5 Å². The van der Waals surface area contributed by atoms with Gasteiger partial charge in [-0.3, -0.25) is 0 Å². The Hall–Kier alpha value is -2.56. The Kier molecular flexibility index (Phi) is 5.51. The molecule has 0 radical (unpaired) electrons. The molecule has 0 spiro atoms. The summed E-state index contributed by atoms with van der Waals surface area (Å²) in [5.41, 5.74) is 4.51. The van der Waals surface area contributed by atoms with Crippen molar-refractivity contribution in [2.24, 2.45) is 0 Å². The highest BCUT2D eigenvalue weighted by molar-refractivity contribution is 7.17. The predicted molar refractivity (Wildman–Crippen MR) is 116 cm³/mol. The molecule has 0 unspecified atom stereocenters. The molecule has 0 saturated heterocycles. The number of aryl methyl sites for hydroxylation is 2. The van der Waals surface area contributed by atoms with Gasteiger partial charge in [-0.05, 0) is 48.6 Å². The Morgan fingerprint density at radius 1 is 0.893 bits per heavy atom. The molecular weight excluding hydrogens is 390 g/mol. The molecule has 3 nitrogen and oxygen atoms in total. The van der Waals surface area contributed by atoms with E-state index in [1.165, 1.54) is 5.56 Å². The summed E-state index contributed by atoms with van der Waals surface area (Å²) in [7, 11) is 0. The van der Waals surface area contributed by atoms with Crippen LogP contribution in [0.2, 0.25) is 5.15 Å². The van der Waals surface area contributed by atoms with Gasteiger partial charge in [0.15, 0.2) is 0 Å². The summed E-state index contributed by atoms with van der Waals surface area (Å²) in [6.07, 6.45) is 1.73. The van der Waals surface area contributed by atoms with E-state index in [1.54, 1.807) is 17.5 Å². The minimum Gasteiger partial charge on any atom is -0.489 e. The lowest BCUT2D eigenvalue weighted by molar-refractivity contribution is 0.290. The van der Waals surface area contributed by atoms with E-state index >= 15 is 0 Å². The third kappa shape index (κ3) is 4.29. The van der Waals surface area contributed by atoms with Crippen LogP contribution in [0.4, 0.5) is 0 Å². The van der Waals surface area contributed by atoms with Crippen LogP contribution in [0, 0.1) is 13.8 Å². The van der Waals surface area contributed by atoms with Crippen molar-refractivity contribution in [3.8, 4) is 11.5 Å². The SMILES string of the molecule is Cc1ccc(COc2cc(C)cc(OCc3csc4ccnc(Cl)c34)c2)cc1. The zero-order chi connectivity index (χ0) is 19.5. The Balaban J connectivity index is 1.46. The second kappa shape index (κ2) is 8.21. The topological polar surface area (TPSA) is 31.4 Å². The van der Waals surface area contributed by atoms with E-state index in [-0.39, 0.29) is 0 Å². The van der Waals surface area contributed by atoms with Gasteiger partial charge >= 0.3 is 0 Å². The number of benzene rings is 2. The average molecular weight is 410 g/mol. The molecule has 0 amide bonds. The van der Waals surface area contributed by atoms with E-state index in [9.17, 15) is 0 Å². The number of pyridine rings is 1. The number of ether oxygens (including phenoxy) is 2. The van der Waals surface area contributed by atoms with Gasteiger partial charge < -0.3 is 9.47 Å². The molecule has 4 aromatic rings. The summed E-state index contributed by atoms with van der Waals surface area (Å²) in [6.45, 7) is 5.08. The van der Waals surface area contributed by atoms with E-state index in [2.05, 4.69) is 41.6 Å². The minimum absolute atomic E-state index is 0.437. The summed E-state index contributed by atoms with van der Waals surface area (Å²) in [6, 6.07) is 16.3. The molecule has 142 valence electrons. The number of fused-ring (bicyclic) bond motifs is 1. The van der Waals surface area contributed by atoms with Crippen molar-refractivity contribution in [2.75, 3.05) is 0 Å². The molecule has 4 rings (SSSR count). The lowest BCUT2D eigenvalue weighted by Crippen LogP contribution is -1.98. The van der Waals surface area contributed by atoms with Crippen LogP contribution in [0.5, 0.6) is 11.5 Å². The number of halogens is 1. The molecule has 0 aliphatic carbocycles. The van der Waals surface area contributed by atoms with Crippen LogP contribution in [-0.2, 0) is 13.2 Å². The standard InChI is InChI=1S/C23H20ClNO2S/c1-15-3-5-17(6-4-15)12-26-19-9-16(2)10-20(11-19)27-13-18-14-28-21-7-8-25-23(24)22(18)21/h3-11,14H,12-13H2,1-2H3. The average Bonchev–Trinajstić information content (AvgIpc) is 3.10. The van der Waals surface area contributed by atoms with Gasteiger partial charge in [0.1, 0.15) is 29.9 Å². The Morgan fingerprint density at radius 3 is 2.36 bits per heavy atom. The summed E-state index contributed by atoms with van der Waals surface area (Å²) in [4.78, 5) is 4.18. The van der Waals surface area contributed by atoms with Gasteiger partial charge in [0.2, 0.25) is 0 Å². The van der Waals surface area contributed by atoms with Crippen LogP contribution < -0.4 is 9.47 Å². The number of thiophene rings is 1. The molecule has 0 aliphatic rings. The molecule has 0 aliphatic heterocycles. The first kappa shape index (κ1) is 18.8. The fourth-order valence-corrected chi connectivity index (χ4v) is 4.28. The van der Waals surface area contributed by atoms with Gasteiger partial charge in [-0.15, -0.1) is 11.3 Å². The fraction of sp³-hybridized carbons (Fsp3) is 0.174. The van der Waals surface area contributed by atoms with E-state index in [0.717, 1.165) is 38.3 Å². The molecule has 0 saturated carbocycles. The molecular formula is C23H20ClNO2S. The van der Waals surface area contributed by atoms with E-state index in [0.29, 0.717) is 18.4 Å². The smallest absolute Gasteiger partial charge is 0.138 e. The quantitative estimate of drug-likeness (QED) is 0.331. The third-order valence-electron chi connectivity index (χ3n) is 4.46. The molecule has 2 aromatic heterocycles. The molecule has 0 bridgehead atoms. The monoisotopic (exact) mass is 409 g/mol. The second-order valence-corrected chi connectivity index (χ2v) is 8.05. The Labute approximate surface area is 173 Å². The molecule has 0 fully saturated rings. The van der Waals surface area contributed by atoms with E-state index in [4.69, 9.17) is 21.1 Å². The maximum absolute atomic E-state index is 6.26. The zero-order valence-corrected chi connectivity index (χ0v) is 17.3. The van der Waals surface area contributed by atoms with Crippen LogP contribution in [-0.4, -0.2) is 4.98 Å². The summed E-state index contributed by atoms with van der Waals surface area (Å²) >= 11 is 7.91. The maximum Gasteiger partial charge on any atom is 0.138 e. The molecule has 0 N–H and O–H groups in total. The van der Waals surface area contributed by atoms with Crippen molar-refractivity contribution in [2.45, 2.75) is 27.1 Å². The van der Waals surface area contributed by atoms with Crippen LogP contribution >= 0.6 is 22.9 Å². The molecule has 5 heteroatoms. The molecule has 2 heterocycles. The van der Waals surface area contributed by atoms with Crippen molar-refractivity contribution in [3.63, 3.8) is 0 Å². The predicted octanol–water partition coefficient (Wildman–Crippen LogP) is 6.72. The Morgan fingerprint density at radius 2 is 1.61 bits per heavy atom. The summed E-state index contributed by atoms with van der Waals surface area (Å²) < 4.78 is 13.1. The van der Waals surface area contributed by atoms with Crippen molar-refractivity contribution >= 4 is 33.0 Å². The molecule has 0 atom stereocenters. The first-order valence-electron chi connectivity index (χ1n) is 9.02. The van der Waals surface area contributed by atoms with Crippen LogP contribution in [0.3, 0.4) is 0 Å². The van der Waals surface area contributed by atoms with E-state index < -0.39 is 0 Å². The molecule has 2 aromatic carbocycles. The van der Waals surface area contributed by atoms with Gasteiger partial charge in [-0.25, -0.2) is 4.98 Å². The number of aromatic nitrogens is 1. The highest BCUT2D eigenvalue weighted by atomic mass is 35.5. The summed E-state index contributed by atoms with van der Waals surface area (Å²) in [5.74, 6) is 1.57. The van der Waals surface area contributed by atoms with Crippen LogP contribution in [0.25, 0.3) is 10.1 Å². The van der Waals surface area contributed by atoms with Gasteiger partial charge in [0.25, 0.3) is 0 Å². The van der Waals surface area contributed by atoms with Crippen molar-refractivity contribution in [1.29, 1.82) is 0 Å². The van der Waals surface area contributed by atoms with E-state index in [1.807, 2.05) is 31.2 Å². The lowest BCUT2D eigenvalue weighted by atomic mass is 10.2. The Bertz CT molecular complexity index is 1110. The fourth-order valence-electron chi connectivity index (χ4n) is 3.00. The van der Waals surface area contributed by atoms with Crippen LogP contribution in [0.1, 0.15) is 22.3 Å². The van der Waals surface area contributed by atoms with Gasteiger partial charge in [-0.1, -0.05) is 41.4 Å². The molecule has 28 heavy (non-hydrogen) atoms. The van der Waals surface area contributed by atoms with Crippen molar-refractivity contribution in [1.82, 2.24) is 4.98 Å².